The van der Waals surface area contributed by atoms with Crippen LogP contribution >= 0.6 is 11.6 Å². The highest BCUT2D eigenvalue weighted by Crippen LogP contribution is 2.23. The van der Waals surface area contributed by atoms with Crippen molar-refractivity contribution in [2.75, 3.05) is 25.6 Å². The maximum atomic E-state index is 12.1. The molecule has 6 nitrogen and oxygen atoms in total. The van der Waals surface area contributed by atoms with Gasteiger partial charge < -0.3 is 10.1 Å². The number of halogens is 1. The van der Waals surface area contributed by atoms with E-state index in [9.17, 15) is 14.4 Å². The van der Waals surface area contributed by atoms with Crippen molar-refractivity contribution in [1.82, 2.24) is 10.2 Å². The number of hydrogen-bond acceptors (Lipinski definition) is 5. The summed E-state index contributed by atoms with van der Waals surface area (Å²) in [6, 6.07) is -0.542. The number of nitrogens with one attached hydrogen (secondary N) is 1. The van der Waals surface area contributed by atoms with Gasteiger partial charge in [0.05, 0.1) is 24.5 Å². The standard InChI is InChI=1S/C13H21ClN2O4/c1-4-20-12(19)13(2,3)8-16-10(17)7-9(11(16)18)15-6-5-14/h9,15H,4-8H2,1-3H3. The molecule has 1 rings (SSSR count). The molecule has 1 heterocycles. The zero-order valence-electron chi connectivity index (χ0n) is 12.1. The molecular weight excluding hydrogens is 284 g/mol. The summed E-state index contributed by atoms with van der Waals surface area (Å²) in [6.45, 7) is 5.79. The van der Waals surface area contributed by atoms with Crippen molar-refractivity contribution < 1.29 is 19.1 Å². The number of imide groups is 1. The number of carbonyl (C=O) groups is 3. The number of carbonyl (C=O) groups excluding carboxylic acids is 3. The quantitative estimate of drug-likeness (QED) is 0.422. The van der Waals surface area contributed by atoms with E-state index in [2.05, 4.69) is 5.32 Å². The summed E-state index contributed by atoms with van der Waals surface area (Å²) in [5, 5.41) is 2.92. The Bertz CT molecular complexity index is 398. The molecule has 114 valence electrons. The first-order valence-corrected chi connectivity index (χ1v) is 7.17. The molecule has 1 atom stereocenters. The van der Waals surface area contributed by atoms with Crippen LogP contribution in [0.1, 0.15) is 27.2 Å². The van der Waals surface area contributed by atoms with E-state index in [1.807, 2.05) is 0 Å². The van der Waals surface area contributed by atoms with Gasteiger partial charge in [-0.25, -0.2) is 0 Å². The van der Waals surface area contributed by atoms with Gasteiger partial charge in [0.2, 0.25) is 11.8 Å². The summed E-state index contributed by atoms with van der Waals surface area (Å²) >= 11 is 5.55. The minimum absolute atomic E-state index is 0.0303. The lowest BCUT2D eigenvalue weighted by Gasteiger charge is -2.27. The molecule has 1 unspecified atom stereocenters. The fourth-order valence-corrected chi connectivity index (χ4v) is 2.13. The van der Waals surface area contributed by atoms with Gasteiger partial charge in [0.1, 0.15) is 0 Å². The van der Waals surface area contributed by atoms with Crippen LogP contribution in [0.3, 0.4) is 0 Å². The summed E-state index contributed by atoms with van der Waals surface area (Å²) in [5.74, 6) is -0.638. The first-order valence-electron chi connectivity index (χ1n) is 6.64. The summed E-state index contributed by atoms with van der Waals surface area (Å²) in [4.78, 5) is 37.0. The first-order chi connectivity index (χ1) is 9.33. The van der Waals surface area contributed by atoms with Crippen LogP contribution in [0.5, 0.6) is 0 Å². The van der Waals surface area contributed by atoms with Crippen molar-refractivity contribution in [3.8, 4) is 0 Å². The maximum absolute atomic E-state index is 12.1. The summed E-state index contributed by atoms with van der Waals surface area (Å²) in [5.41, 5.74) is -0.914. The second kappa shape index (κ2) is 7.04. The van der Waals surface area contributed by atoms with Crippen LogP contribution in [-0.4, -0.2) is 54.3 Å². The zero-order chi connectivity index (χ0) is 15.3. The molecule has 1 fully saturated rings. The molecule has 0 aromatic carbocycles. The molecule has 0 radical (unpaired) electrons. The molecule has 0 aromatic heterocycles. The maximum Gasteiger partial charge on any atom is 0.313 e. The number of nitrogens with zero attached hydrogens (tertiary/aromatic N) is 1. The van der Waals surface area contributed by atoms with Crippen molar-refractivity contribution in [2.45, 2.75) is 33.2 Å². The fraction of sp³-hybridized carbons (Fsp3) is 0.769. The number of amides is 2. The van der Waals surface area contributed by atoms with Crippen LogP contribution in [0.4, 0.5) is 0 Å². The van der Waals surface area contributed by atoms with Crippen molar-refractivity contribution in [3.63, 3.8) is 0 Å². The summed E-state index contributed by atoms with van der Waals surface area (Å²) < 4.78 is 4.96. The third-order valence-electron chi connectivity index (χ3n) is 3.11. The molecule has 1 N–H and O–H groups in total. The van der Waals surface area contributed by atoms with Crippen LogP contribution in [0.2, 0.25) is 0 Å². The molecule has 20 heavy (non-hydrogen) atoms. The third-order valence-corrected chi connectivity index (χ3v) is 3.30. The van der Waals surface area contributed by atoms with Gasteiger partial charge >= 0.3 is 5.97 Å². The minimum atomic E-state index is -0.914. The average molecular weight is 305 g/mol. The van der Waals surface area contributed by atoms with E-state index in [-0.39, 0.29) is 31.4 Å². The Labute approximate surface area is 123 Å². The van der Waals surface area contributed by atoms with Crippen LogP contribution < -0.4 is 5.32 Å². The van der Waals surface area contributed by atoms with Gasteiger partial charge in [-0.05, 0) is 20.8 Å². The van der Waals surface area contributed by atoms with Gasteiger partial charge in [-0.3, -0.25) is 19.3 Å². The van der Waals surface area contributed by atoms with Crippen LogP contribution in [0.15, 0.2) is 0 Å². The molecule has 0 aromatic rings. The largest absolute Gasteiger partial charge is 0.466 e. The molecular formula is C13H21ClN2O4. The predicted octanol–water partition coefficient (Wildman–Crippen LogP) is 0.532. The Balaban J connectivity index is 2.69. The molecule has 0 spiro atoms. The Morgan fingerprint density at radius 2 is 2.15 bits per heavy atom. The molecule has 7 heteroatoms. The second-order valence-corrected chi connectivity index (χ2v) is 5.70. The Morgan fingerprint density at radius 1 is 1.50 bits per heavy atom. The lowest BCUT2D eigenvalue weighted by atomic mass is 9.93. The highest BCUT2D eigenvalue weighted by Gasteiger charge is 2.43. The van der Waals surface area contributed by atoms with Crippen LogP contribution in [-0.2, 0) is 19.1 Å². The summed E-state index contributed by atoms with van der Waals surface area (Å²) in [7, 11) is 0. The molecule has 2 amide bonds. The van der Waals surface area contributed by atoms with E-state index in [1.54, 1.807) is 20.8 Å². The number of hydrogen-bond donors (Lipinski definition) is 1. The SMILES string of the molecule is CCOC(=O)C(C)(C)CN1C(=O)CC(NCCCl)C1=O. The van der Waals surface area contributed by atoms with Gasteiger partial charge in [-0.15, -0.1) is 11.6 Å². The third kappa shape index (κ3) is 3.93. The van der Waals surface area contributed by atoms with E-state index < -0.39 is 17.4 Å². The Morgan fingerprint density at radius 3 is 2.70 bits per heavy atom. The summed E-state index contributed by atoms with van der Waals surface area (Å²) in [6.07, 6.45) is 0.106. The Kier molecular flexibility index (Phi) is 5.95. The van der Waals surface area contributed by atoms with Crippen LogP contribution in [0.25, 0.3) is 0 Å². The van der Waals surface area contributed by atoms with Crippen molar-refractivity contribution in [3.05, 3.63) is 0 Å². The first kappa shape index (κ1) is 16.9. The topological polar surface area (TPSA) is 75.7 Å². The van der Waals surface area contributed by atoms with Crippen LogP contribution in [0, 0.1) is 5.41 Å². The van der Waals surface area contributed by atoms with Gasteiger partial charge in [-0.2, -0.15) is 0 Å². The highest BCUT2D eigenvalue weighted by molar-refractivity contribution is 6.18. The van der Waals surface area contributed by atoms with Crippen molar-refractivity contribution in [1.29, 1.82) is 0 Å². The molecule has 0 saturated carbocycles. The number of likely N-dealkylation sites (tertiary alicyclic amines) is 1. The van der Waals surface area contributed by atoms with Crippen molar-refractivity contribution >= 4 is 29.4 Å². The van der Waals surface area contributed by atoms with E-state index in [1.165, 1.54) is 0 Å². The lowest BCUT2D eigenvalue weighted by molar-refractivity contribution is -0.156. The molecule has 1 aliphatic rings. The fourth-order valence-electron chi connectivity index (χ4n) is 2.02. The molecule has 0 bridgehead atoms. The van der Waals surface area contributed by atoms with E-state index in [0.717, 1.165) is 4.90 Å². The van der Waals surface area contributed by atoms with Gasteiger partial charge in [0.25, 0.3) is 0 Å². The van der Waals surface area contributed by atoms with E-state index >= 15 is 0 Å². The number of alkyl halides is 1. The Hall–Kier alpha value is -1.14. The number of rotatable bonds is 7. The predicted molar refractivity (Wildman–Crippen MR) is 74.3 cm³/mol. The lowest BCUT2D eigenvalue weighted by Crippen LogP contribution is -2.45. The van der Waals surface area contributed by atoms with Gasteiger partial charge in [-0.1, -0.05) is 0 Å². The number of ether oxygens (including phenoxy) is 1. The van der Waals surface area contributed by atoms with E-state index in [4.69, 9.17) is 16.3 Å². The van der Waals surface area contributed by atoms with Crippen molar-refractivity contribution in [2.24, 2.45) is 5.41 Å². The molecule has 0 aliphatic carbocycles. The highest BCUT2D eigenvalue weighted by atomic mass is 35.5. The normalized spacial score (nSPS) is 19.6. The van der Waals surface area contributed by atoms with Gasteiger partial charge in [0.15, 0.2) is 0 Å². The monoisotopic (exact) mass is 304 g/mol. The minimum Gasteiger partial charge on any atom is -0.466 e. The van der Waals surface area contributed by atoms with E-state index in [0.29, 0.717) is 12.4 Å². The average Bonchev–Trinajstić information content (AvgIpc) is 2.64. The number of esters is 1. The second-order valence-electron chi connectivity index (χ2n) is 5.32. The van der Waals surface area contributed by atoms with Gasteiger partial charge in [0, 0.05) is 19.0 Å². The molecule has 1 saturated heterocycles. The smallest absolute Gasteiger partial charge is 0.313 e. The molecule has 1 aliphatic heterocycles. The zero-order valence-corrected chi connectivity index (χ0v) is 12.8.